The summed E-state index contributed by atoms with van der Waals surface area (Å²) in [5, 5.41) is 20.8. The van der Waals surface area contributed by atoms with Gasteiger partial charge in [-0.3, -0.25) is 4.79 Å². The fourth-order valence-corrected chi connectivity index (χ4v) is 3.20. The van der Waals surface area contributed by atoms with Gasteiger partial charge >= 0.3 is 6.18 Å². The molecular weight excluding hydrogens is 456 g/mol. The molecule has 0 aromatic heterocycles. The van der Waals surface area contributed by atoms with Gasteiger partial charge in [0.25, 0.3) is 5.91 Å². The lowest BCUT2D eigenvalue weighted by Gasteiger charge is -2.20. The molecule has 2 aliphatic rings. The highest BCUT2D eigenvalue weighted by atomic mass is 35.5. The van der Waals surface area contributed by atoms with Gasteiger partial charge in [-0.05, 0) is 26.0 Å². The quantitative estimate of drug-likeness (QED) is 0.583. The first-order chi connectivity index (χ1) is 14.9. The number of ether oxygens (including phenoxy) is 1. The van der Waals surface area contributed by atoms with Crippen molar-refractivity contribution in [1.82, 2.24) is 10.2 Å². The number of rotatable bonds is 4. The summed E-state index contributed by atoms with van der Waals surface area (Å²) in [4.78, 5) is 18.6. The minimum Gasteiger partial charge on any atom is -0.490 e. The van der Waals surface area contributed by atoms with Crippen LogP contribution in [-0.4, -0.2) is 59.3 Å². The first-order valence-corrected chi connectivity index (χ1v) is 9.72. The van der Waals surface area contributed by atoms with Crippen molar-refractivity contribution < 1.29 is 32.2 Å². The van der Waals surface area contributed by atoms with Crippen molar-refractivity contribution in [3.63, 3.8) is 0 Å². The molecule has 7 nitrogen and oxygen atoms in total. The van der Waals surface area contributed by atoms with Gasteiger partial charge < -0.3 is 25.5 Å². The maximum Gasteiger partial charge on any atom is 0.417 e. The maximum atomic E-state index is 13.6. The van der Waals surface area contributed by atoms with Gasteiger partial charge in [-0.2, -0.15) is 13.2 Å². The Morgan fingerprint density at radius 3 is 2.69 bits per heavy atom. The number of hydrogen-bond donors (Lipinski definition) is 3. The number of hydrogen-bond acceptors (Lipinski definition) is 6. The van der Waals surface area contributed by atoms with Crippen LogP contribution in [0.2, 0.25) is 0 Å². The van der Waals surface area contributed by atoms with E-state index >= 15 is 0 Å². The fourth-order valence-electron chi connectivity index (χ4n) is 3.11. The third-order valence-electron chi connectivity index (χ3n) is 4.82. The predicted octanol–water partition coefficient (Wildman–Crippen LogP) is 3.35. The highest BCUT2D eigenvalue weighted by Crippen LogP contribution is 2.28. The second-order valence-electron chi connectivity index (χ2n) is 7.24. The summed E-state index contributed by atoms with van der Waals surface area (Å²) in [5.41, 5.74) is 1.53. The molecule has 0 radical (unpaired) electrons. The molecule has 0 spiro atoms. The Kier molecular flexibility index (Phi) is 6.61. The van der Waals surface area contributed by atoms with Crippen molar-refractivity contribution >= 4 is 28.9 Å². The van der Waals surface area contributed by atoms with E-state index in [-0.39, 0.29) is 24.4 Å². The van der Waals surface area contributed by atoms with Crippen LogP contribution >= 0.6 is 11.6 Å². The van der Waals surface area contributed by atoms with Crippen LogP contribution in [0.5, 0.6) is 5.75 Å². The van der Waals surface area contributed by atoms with Crippen LogP contribution < -0.4 is 10.1 Å². The minimum absolute atomic E-state index is 0.0102. The second kappa shape index (κ2) is 8.91. The first kappa shape index (κ1) is 23.7. The highest BCUT2D eigenvalue weighted by Gasteiger charge is 2.39. The molecule has 1 fully saturated rings. The summed E-state index contributed by atoms with van der Waals surface area (Å²) >= 11 is 6.11. The standard InChI is InChI=1S/C20H19ClF4N4O3/c1-9-17(21)10(2)28-18(27-9)13-6-29(7-14(13)26)19(31)12-4-3-11(22)5-15(12)32-8-16(30)20(23,24)25/h3-5,16,26-27,30H,6-8H2,1-2H3/b18-13+,26-14?. The molecule has 32 heavy (non-hydrogen) atoms. The number of aliphatic imine (C=N–C) groups is 1. The van der Waals surface area contributed by atoms with Gasteiger partial charge in [0.2, 0.25) is 0 Å². The molecule has 0 saturated carbocycles. The van der Waals surface area contributed by atoms with E-state index in [9.17, 15) is 22.4 Å². The van der Waals surface area contributed by atoms with Crippen LogP contribution in [0, 0.1) is 11.2 Å². The van der Waals surface area contributed by atoms with Crippen molar-refractivity contribution in [3.05, 3.63) is 51.7 Å². The molecule has 3 rings (SSSR count). The van der Waals surface area contributed by atoms with E-state index in [1.165, 1.54) is 4.90 Å². The summed E-state index contributed by atoms with van der Waals surface area (Å²) in [6, 6.07) is 2.81. The molecule has 172 valence electrons. The zero-order chi connectivity index (χ0) is 23.8. The Labute approximate surface area is 185 Å². The minimum atomic E-state index is -4.93. The van der Waals surface area contributed by atoms with Gasteiger partial charge in [0.1, 0.15) is 24.0 Å². The summed E-state index contributed by atoms with van der Waals surface area (Å²) in [6.45, 7) is 2.13. The number of nitrogens with one attached hydrogen (secondary N) is 2. The van der Waals surface area contributed by atoms with E-state index in [0.29, 0.717) is 27.8 Å². The number of likely N-dealkylation sites (tertiary alicyclic amines) is 1. The summed E-state index contributed by atoms with van der Waals surface area (Å²) in [6.07, 6.45) is -7.73. The largest absolute Gasteiger partial charge is 0.490 e. The van der Waals surface area contributed by atoms with Crippen LogP contribution in [0.25, 0.3) is 0 Å². The number of allylic oxidation sites excluding steroid dienone is 2. The number of alkyl halides is 3. The van der Waals surface area contributed by atoms with Crippen molar-refractivity contribution in [2.24, 2.45) is 4.99 Å². The molecule has 1 saturated heterocycles. The molecule has 1 unspecified atom stereocenters. The first-order valence-electron chi connectivity index (χ1n) is 9.35. The number of aliphatic hydroxyl groups excluding tert-OH is 1. The van der Waals surface area contributed by atoms with Crippen molar-refractivity contribution in [2.45, 2.75) is 26.1 Å². The maximum absolute atomic E-state index is 13.6. The average Bonchev–Trinajstić information content (AvgIpc) is 3.10. The molecule has 1 atom stereocenters. The summed E-state index contributed by atoms with van der Waals surface area (Å²) in [7, 11) is 0. The Bertz CT molecular complexity index is 1070. The van der Waals surface area contributed by atoms with Crippen molar-refractivity contribution in [1.29, 1.82) is 5.41 Å². The number of nitrogens with zero attached hydrogens (tertiary/aromatic N) is 2. The zero-order valence-electron chi connectivity index (χ0n) is 17.0. The second-order valence-corrected chi connectivity index (χ2v) is 7.61. The van der Waals surface area contributed by atoms with Crippen LogP contribution in [0.4, 0.5) is 17.6 Å². The fraction of sp³-hybridized carbons (Fsp3) is 0.350. The van der Waals surface area contributed by atoms with E-state index in [1.54, 1.807) is 13.8 Å². The average molecular weight is 475 g/mol. The van der Waals surface area contributed by atoms with Gasteiger partial charge in [-0.15, -0.1) is 0 Å². The highest BCUT2D eigenvalue weighted by molar-refractivity contribution is 6.43. The van der Waals surface area contributed by atoms with E-state index in [2.05, 4.69) is 10.3 Å². The van der Waals surface area contributed by atoms with Gasteiger partial charge in [-0.25, -0.2) is 9.38 Å². The van der Waals surface area contributed by atoms with Gasteiger partial charge in [-0.1, -0.05) is 11.6 Å². The molecule has 12 heteroatoms. The number of amides is 1. The van der Waals surface area contributed by atoms with E-state index in [4.69, 9.17) is 26.9 Å². The molecule has 1 amide bonds. The van der Waals surface area contributed by atoms with E-state index in [0.717, 1.165) is 18.2 Å². The van der Waals surface area contributed by atoms with Crippen LogP contribution in [0.3, 0.4) is 0 Å². The lowest BCUT2D eigenvalue weighted by atomic mass is 10.1. The smallest absolute Gasteiger partial charge is 0.417 e. The molecule has 1 aromatic carbocycles. The molecular formula is C20H19ClF4N4O3. The van der Waals surface area contributed by atoms with E-state index < -0.39 is 36.4 Å². The molecule has 3 N–H and O–H groups in total. The zero-order valence-corrected chi connectivity index (χ0v) is 17.7. The molecule has 2 heterocycles. The number of aliphatic hydroxyl groups is 1. The number of benzene rings is 1. The summed E-state index contributed by atoms with van der Waals surface area (Å²) in [5.74, 6) is -1.58. The molecule has 2 aliphatic heterocycles. The summed E-state index contributed by atoms with van der Waals surface area (Å²) < 4.78 is 56.2. The van der Waals surface area contributed by atoms with Crippen molar-refractivity contribution in [2.75, 3.05) is 19.7 Å². The molecule has 1 aromatic rings. The van der Waals surface area contributed by atoms with Crippen LogP contribution in [-0.2, 0) is 0 Å². The third-order valence-corrected chi connectivity index (χ3v) is 5.37. The third kappa shape index (κ3) is 4.94. The lowest BCUT2D eigenvalue weighted by molar-refractivity contribution is -0.210. The topological polar surface area (TPSA) is 98.0 Å². The van der Waals surface area contributed by atoms with E-state index in [1.807, 2.05) is 0 Å². The Balaban J connectivity index is 1.83. The molecule has 0 bridgehead atoms. The SMILES string of the molecule is CC1=N/C(=C2\CN(C(=O)c3ccc(F)cc3OCC(O)C(F)(F)F)CC2=N)NC(C)=C1Cl. The molecule has 0 aliphatic carbocycles. The van der Waals surface area contributed by atoms with Gasteiger partial charge in [0.05, 0.1) is 35.1 Å². The van der Waals surface area contributed by atoms with Crippen LogP contribution in [0.15, 0.2) is 45.3 Å². The van der Waals surface area contributed by atoms with Gasteiger partial charge in [0, 0.05) is 17.3 Å². The monoisotopic (exact) mass is 474 g/mol. The Morgan fingerprint density at radius 1 is 1.38 bits per heavy atom. The normalized spacial score (nSPS) is 20.3. The Morgan fingerprint density at radius 2 is 2.06 bits per heavy atom. The predicted molar refractivity (Wildman–Crippen MR) is 109 cm³/mol. The van der Waals surface area contributed by atoms with Crippen LogP contribution in [0.1, 0.15) is 24.2 Å². The van der Waals surface area contributed by atoms with Gasteiger partial charge in [0.15, 0.2) is 6.10 Å². The lowest BCUT2D eigenvalue weighted by Crippen LogP contribution is -2.34. The number of carbonyl (C=O) groups excluding carboxylic acids is 1. The Hall–Kier alpha value is -2.92. The number of halogens is 5. The van der Waals surface area contributed by atoms with Crippen molar-refractivity contribution in [3.8, 4) is 5.75 Å². The number of carbonyl (C=O) groups is 1.